The van der Waals surface area contributed by atoms with E-state index in [0.717, 1.165) is 6.07 Å². The third kappa shape index (κ3) is 4.55. The van der Waals surface area contributed by atoms with E-state index < -0.39 is 23.8 Å². The lowest BCUT2D eigenvalue weighted by Gasteiger charge is -2.11. The monoisotopic (exact) mass is 471 g/mol. The van der Waals surface area contributed by atoms with Gasteiger partial charge < -0.3 is 20.2 Å². The first-order chi connectivity index (χ1) is 16.2. The van der Waals surface area contributed by atoms with Crippen molar-refractivity contribution < 1.29 is 27.1 Å². The summed E-state index contributed by atoms with van der Waals surface area (Å²) in [4.78, 5) is 24.7. The van der Waals surface area contributed by atoms with Crippen LogP contribution in [0, 0.1) is 0 Å². The van der Waals surface area contributed by atoms with Gasteiger partial charge >= 0.3 is 6.18 Å². The summed E-state index contributed by atoms with van der Waals surface area (Å²) in [5.74, 6) is 0.622. The number of benzene rings is 1. The van der Waals surface area contributed by atoms with Crippen molar-refractivity contribution in [2.45, 2.75) is 25.7 Å². The Hall–Kier alpha value is -3.99. The Morgan fingerprint density at radius 3 is 2.59 bits per heavy atom. The van der Waals surface area contributed by atoms with E-state index in [4.69, 9.17) is 14.9 Å². The molecule has 0 saturated carbocycles. The van der Waals surface area contributed by atoms with Crippen molar-refractivity contribution in [2.75, 3.05) is 7.11 Å². The summed E-state index contributed by atoms with van der Waals surface area (Å²) >= 11 is 0. The number of furan rings is 1. The smallest absolute Gasteiger partial charge is 0.433 e. The van der Waals surface area contributed by atoms with Crippen LogP contribution in [0.1, 0.15) is 40.6 Å². The van der Waals surface area contributed by atoms with E-state index >= 15 is 0 Å². The molecule has 1 unspecified atom stereocenters. The maximum atomic E-state index is 13.2. The Kier molecular flexibility index (Phi) is 6.20. The fraction of sp³-hybridized carbons (Fsp3) is 0.217. The van der Waals surface area contributed by atoms with Gasteiger partial charge in [-0.2, -0.15) is 13.2 Å². The summed E-state index contributed by atoms with van der Waals surface area (Å²) < 4.78 is 50.8. The molecule has 4 rings (SSSR count). The highest BCUT2D eigenvalue weighted by atomic mass is 19.4. The van der Waals surface area contributed by atoms with E-state index in [1.807, 2.05) is 0 Å². The lowest BCUT2D eigenvalue weighted by molar-refractivity contribution is -0.140. The molecule has 4 aromatic rings. The first kappa shape index (κ1) is 23.2. The SMILES string of the molecule is COc1ccc(-c2cc(C(=O)NCc3ncccn3)c(C(C)N)o2)c2ccc(C(F)(F)F)nc12. The summed E-state index contributed by atoms with van der Waals surface area (Å²) in [6.07, 6.45) is -1.49. The van der Waals surface area contributed by atoms with Gasteiger partial charge in [0.25, 0.3) is 5.91 Å². The van der Waals surface area contributed by atoms with Crippen LogP contribution in [0.2, 0.25) is 0 Å². The number of nitrogens with two attached hydrogens (primary N) is 1. The van der Waals surface area contributed by atoms with E-state index in [9.17, 15) is 18.0 Å². The predicted molar refractivity (Wildman–Crippen MR) is 117 cm³/mol. The third-order valence-corrected chi connectivity index (χ3v) is 5.04. The quantitative estimate of drug-likeness (QED) is 0.432. The second-order valence-corrected chi connectivity index (χ2v) is 7.43. The van der Waals surface area contributed by atoms with Crippen molar-refractivity contribution >= 4 is 16.8 Å². The number of methoxy groups -OCH3 is 1. The number of nitrogens with zero attached hydrogens (tertiary/aromatic N) is 3. The molecule has 1 amide bonds. The maximum Gasteiger partial charge on any atom is 0.433 e. The molecule has 0 aliphatic heterocycles. The molecule has 0 aliphatic carbocycles. The topological polar surface area (TPSA) is 116 Å². The molecule has 0 spiro atoms. The molecule has 176 valence electrons. The fourth-order valence-corrected chi connectivity index (χ4v) is 3.46. The van der Waals surface area contributed by atoms with E-state index in [1.54, 1.807) is 31.5 Å². The molecule has 3 N–H and O–H groups in total. The van der Waals surface area contributed by atoms with Gasteiger partial charge in [0.1, 0.15) is 34.3 Å². The molecular weight excluding hydrogens is 451 g/mol. The van der Waals surface area contributed by atoms with Gasteiger partial charge in [0.05, 0.1) is 25.3 Å². The summed E-state index contributed by atoms with van der Waals surface area (Å²) in [5, 5.41) is 3.08. The Bertz CT molecular complexity index is 1340. The molecule has 3 heterocycles. The lowest BCUT2D eigenvalue weighted by atomic mass is 10.0. The minimum absolute atomic E-state index is 0.0146. The van der Waals surface area contributed by atoms with Crippen LogP contribution in [-0.4, -0.2) is 28.0 Å². The van der Waals surface area contributed by atoms with Crippen LogP contribution >= 0.6 is 0 Å². The Morgan fingerprint density at radius 1 is 1.21 bits per heavy atom. The van der Waals surface area contributed by atoms with E-state index in [1.165, 1.54) is 25.3 Å². The fourth-order valence-electron chi connectivity index (χ4n) is 3.46. The highest BCUT2D eigenvalue weighted by Gasteiger charge is 2.33. The number of ether oxygens (including phenoxy) is 1. The highest BCUT2D eigenvalue weighted by molar-refractivity contribution is 6.00. The van der Waals surface area contributed by atoms with Gasteiger partial charge in [-0.05, 0) is 43.3 Å². The van der Waals surface area contributed by atoms with Crippen LogP contribution < -0.4 is 15.8 Å². The zero-order valence-electron chi connectivity index (χ0n) is 18.2. The predicted octanol–water partition coefficient (Wildman–Crippen LogP) is 4.26. The van der Waals surface area contributed by atoms with Crippen molar-refractivity contribution in [3.63, 3.8) is 0 Å². The van der Waals surface area contributed by atoms with Crippen LogP contribution in [-0.2, 0) is 12.7 Å². The van der Waals surface area contributed by atoms with Crippen LogP contribution in [0.3, 0.4) is 0 Å². The van der Waals surface area contributed by atoms with Gasteiger partial charge in [0.15, 0.2) is 0 Å². The van der Waals surface area contributed by atoms with Crippen LogP contribution in [0.15, 0.2) is 53.2 Å². The number of carbonyl (C=O) groups is 1. The molecule has 3 aromatic heterocycles. The Morgan fingerprint density at radius 2 is 1.94 bits per heavy atom. The van der Waals surface area contributed by atoms with Crippen molar-refractivity contribution in [1.82, 2.24) is 20.3 Å². The molecule has 34 heavy (non-hydrogen) atoms. The number of hydrogen-bond donors (Lipinski definition) is 2. The van der Waals surface area contributed by atoms with Crippen LogP contribution in [0.4, 0.5) is 13.2 Å². The number of hydrogen-bond acceptors (Lipinski definition) is 7. The number of alkyl halides is 3. The third-order valence-electron chi connectivity index (χ3n) is 5.04. The normalized spacial score (nSPS) is 12.5. The number of carbonyl (C=O) groups excluding carboxylic acids is 1. The number of aromatic nitrogens is 3. The summed E-state index contributed by atoms with van der Waals surface area (Å²) in [7, 11) is 1.34. The second-order valence-electron chi connectivity index (χ2n) is 7.43. The molecule has 0 aliphatic rings. The molecule has 0 bridgehead atoms. The number of rotatable bonds is 6. The van der Waals surface area contributed by atoms with Gasteiger partial charge in [-0.15, -0.1) is 0 Å². The van der Waals surface area contributed by atoms with Crippen LogP contribution in [0.25, 0.3) is 22.2 Å². The van der Waals surface area contributed by atoms with Gasteiger partial charge in [-0.1, -0.05) is 0 Å². The molecule has 0 radical (unpaired) electrons. The lowest BCUT2D eigenvalue weighted by Crippen LogP contribution is -2.25. The molecule has 11 heteroatoms. The summed E-state index contributed by atoms with van der Waals surface area (Å²) in [6.45, 7) is 1.75. The largest absolute Gasteiger partial charge is 0.494 e. The molecule has 8 nitrogen and oxygen atoms in total. The number of halogens is 3. The van der Waals surface area contributed by atoms with Crippen LogP contribution in [0.5, 0.6) is 5.75 Å². The molecular formula is C23H20F3N5O3. The zero-order chi connectivity index (χ0) is 24.5. The van der Waals surface area contributed by atoms with E-state index in [-0.39, 0.29) is 34.9 Å². The second kappa shape index (κ2) is 9.10. The number of nitrogens with one attached hydrogen (secondary N) is 1. The van der Waals surface area contributed by atoms with Crippen molar-refractivity contribution in [3.05, 3.63) is 71.6 Å². The van der Waals surface area contributed by atoms with Crippen molar-refractivity contribution in [2.24, 2.45) is 5.73 Å². The van der Waals surface area contributed by atoms with Gasteiger partial charge in [0, 0.05) is 23.3 Å². The van der Waals surface area contributed by atoms with Gasteiger partial charge in [0.2, 0.25) is 0 Å². The first-order valence-electron chi connectivity index (χ1n) is 10.2. The molecule has 0 saturated heterocycles. The van der Waals surface area contributed by atoms with Gasteiger partial charge in [-0.25, -0.2) is 15.0 Å². The Balaban J connectivity index is 1.76. The zero-order valence-corrected chi connectivity index (χ0v) is 18.2. The molecule has 1 aromatic carbocycles. The summed E-state index contributed by atoms with van der Waals surface area (Å²) in [6, 6.07) is 7.83. The average molecular weight is 471 g/mol. The highest BCUT2D eigenvalue weighted by Crippen LogP contribution is 2.38. The molecule has 1 atom stereocenters. The first-order valence-corrected chi connectivity index (χ1v) is 10.2. The van der Waals surface area contributed by atoms with E-state index in [0.29, 0.717) is 16.8 Å². The maximum absolute atomic E-state index is 13.2. The van der Waals surface area contributed by atoms with E-state index in [2.05, 4.69) is 20.3 Å². The average Bonchev–Trinajstić information content (AvgIpc) is 3.27. The standard InChI is InChI=1S/C23H20F3N5O3/c1-12(27)21-15(22(32)30-11-19-28-8-3-9-29-19)10-17(34-21)13-4-6-16(33-2)20-14(13)5-7-18(31-20)23(24,25)26/h3-10,12H,11,27H2,1-2H3,(H,30,32). The van der Waals surface area contributed by atoms with Crippen molar-refractivity contribution in [3.8, 4) is 17.1 Å². The minimum Gasteiger partial charge on any atom is -0.494 e. The Labute approximate surface area is 192 Å². The summed E-state index contributed by atoms with van der Waals surface area (Å²) in [5.41, 5.74) is 5.62. The number of fused-ring (bicyclic) bond motifs is 1. The number of pyridine rings is 1. The minimum atomic E-state index is -4.62. The number of amides is 1. The molecule has 0 fully saturated rings. The van der Waals surface area contributed by atoms with Gasteiger partial charge in [-0.3, -0.25) is 4.79 Å². The van der Waals surface area contributed by atoms with Crippen molar-refractivity contribution in [1.29, 1.82) is 0 Å².